The zero-order valence-corrected chi connectivity index (χ0v) is 9.64. The molecule has 2 nitrogen and oxygen atoms in total. The van der Waals surface area contributed by atoms with Gasteiger partial charge in [0, 0.05) is 12.0 Å². The van der Waals surface area contributed by atoms with Gasteiger partial charge in [0.1, 0.15) is 6.10 Å². The van der Waals surface area contributed by atoms with Gasteiger partial charge in [0.05, 0.1) is 6.10 Å². The van der Waals surface area contributed by atoms with Crippen LogP contribution in [0.2, 0.25) is 0 Å². The third-order valence-corrected chi connectivity index (χ3v) is 2.76. The summed E-state index contributed by atoms with van der Waals surface area (Å²) in [6, 6.07) is 9.34. The lowest BCUT2D eigenvalue weighted by Gasteiger charge is -2.25. The molecule has 2 heteroatoms. The van der Waals surface area contributed by atoms with Crippen molar-refractivity contribution in [2.45, 2.75) is 32.5 Å². The zero-order valence-electron chi connectivity index (χ0n) is 9.64. The number of benzene rings is 1. The Morgan fingerprint density at radius 2 is 2.00 bits per heavy atom. The maximum atomic E-state index is 12.1. The SMILES string of the molecule is CC1=C[C@H](C)O[C@@H](C(=O)c2ccccc2)C1. The normalized spacial score (nSPS) is 25.0. The van der Waals surface area contributed by atoms with Crippen molar-refractivity contribution in [2.75, 3.05) is 0 Å². The molecule has 0 bridgehead atoms. The molecule has 0 saturated carbocycles. The van der Waals surface area contributed by atoms with Crippen molar-refractivity contribution in [2.24, 2.45) is 0 Å². The van der Waals surface area contributed by atoms with Crippen LogP contribution in [0.5, 0.6) is 0 Å². The molecule has 0 fully saturated rings. The van der Waals surface area contributed by atoms with Crippen molar-refractivity contribution < 1.29 is 9.53 Å². The molecule has 0 aromatic heterocycles. The fraction of sp³-hybridized carbons (Fsp3) is 0.357. The first kappa shape index (κ1) is 11.1. The summed E-state index contributed by atoms with van der Waals surface area (Å²) in [7, 11) is 0. The van der Waals surface area contributed by atoms with E-state index in [1.807, 2.05) is 44.2 Å². The molecular formula is C14H16O2. The molecule has 0 amide bonds. The van der Waals surface area contributed by atoms with E-state index in [9.17, 15) is 4.79 Å². The molecule has 0 N–H and O–H groups in total. The molecule has 0 unspecified atom stereocenters. The Morgan fingerprint density at radius 3 is 2.62 bits per heavy atom. The van der Waals surface area contributed by atoms with Crippen LogP contribution < -0.4 is 0 Å². The lowest BCUT2D eigenvalue weighted by molar-refractivity contribution is 0.0159. The summed E-state index contributed by atoms with van der Waals surface area (Å²) in [4.78, 5) is 12.1. The molecule has 1 aromatic carbocycles. The van der Waals surface area contributed by atoms with Crippen LogP contribution in [0.3, 0.4) is 0 Å². The number of ketones is 1. The highest BCUT2D eigenvalue weighted by atomic mass is 16.5. The molecule has 0 saturated heterocycles. The van der Waals surface area contributed by atoms with Crippen LogP contribution in [-0.2, 0) is 4.74 Å². The summed E-state index contributed by atoms with van der Waals surface area (Å²) in [5, 5.41) is 0. The van der Waals surface area contributed by atoms with Gasteiger partial charge in [-0.3, -0.25) is 4.79 Å². The van der Waals surface area contributed by atoms with Gasteiger partial charge in [-0.1, -0.05) is 42.0 Å². The quantitative estimate of drug-likeness (QED) is 0.561. The van der Waals surface area contributed by atoms with E-state index in [0.717, 1.165) is 5.56 Å². The van der Waals surface area contributed by atoms with E-state index in [4.69, 9.17) is 4.74 Å². The Kier molecular flexibility index (Phi) is 3.20. The predicted molar refractivity (Wildman–Crippen MR) is 63.5 cm³/mol. The molecule has 2 rings (SSSR count). The van der Waals surface area contributed by atoms with Gasteiger partial charge in [0.25, 0.3) is 0 Å². The van der Waals surface area contributed by atoms with Crippen LogP contribution in [0.4, 0.5) is 0 Å². The van der Waals surface area contributed by atoms with E-state index in [1.54, 1.807) is 0 Å². The number of hydrogen-bond donors (Lipinski definition) is 0. The van der Waals surface area contributed by atoms with Gasteiger partial charge < -0.3 is 4.74 Å². The first-order valence-corrected chi connectivity index (χ1v) is 5.59. The average molecular weight is 216 g/mol. The van der Waals surface area contributed by atoms with E-state index >= 15 is 0 Å². The van der Waals surface area contributed by atoms with Crippen molar-refractivity contribution in [3.8, 4) is 0 Å². The second-order valence-electron chi connectivity index (χ2n) is 4.28. The number of ether oxygens (including phenoxy) is 1. The van der Waals surface area contributed by atoms with E-state index in [0.29, 0.717) is 6.42 Å². The third kappa shape index (κ3) is 2.39. The Labute approximate surface area is 95.9 Å². The molecule has 16 heavy (non-hydrogen) atoms. The van der Waals surface area contributed by atoms with Crippen molar-refractivity contribution in [1.29, 1.82) is 0 Å². The summed E-state index contributed by atoms with van der Waals surface area (Å²) in [6.07, 6.45) is 2.49. The fourth-order valence-electron chi connectivity index (χ4n) is 2.05. The lowest BCUT2D eigenvalue weighted by atomic mass is 9.97. The summed E-state index contributed by atoms with van der Waals surface area (Å²) in [6.45, 7) is 4.01. The summed E-state index contributed by atoms with van der Waals surface area (Å²) < 4.78 is 5.65. The van der Waals surface area contributed by atoms with Gasteiger partial charge in [0.15, 0.2) is 5.78 Å². The third-order valence-electron chi connectivity index (χ3n) is 2.76. The van der Waals surface area contributed by atoms with Gasteiger partial charge in [0.2, 0.25) is 0 Å². The first-order valence-electron chi connectivity index (χ1n) is 5.59. The predicted octanol–water partition coefficient (Wildman–Crippen LogP) is 2.99. The van der Waals surface area contributed by atoms with E-state index in [1.165, 1.54) is 5.57 Å². The van der Waals surface area contributed by atoms with E-state index < -0.39 is 0 Å². The smallest absolute Gasteiger partial charge is 0.191 e. The van der Waals surface area contributed by atoms with Crippen LogP contribution >= 0.6 is 0 Å². The molecule has 0 aliphatic carbocycles. The number of carbonyl (C=O) groups is 1. The van der Waals surface area contributed by atoms with Crippen molar-refractivity contribution in [1.82, 2.24) is 0 Å². The molecule has 1 aromatic rings. The molecule has 0 spiro atoms. The van der Waals surface area contributed by atoms with Crippen molar-refractivity contribution >= 4 is 5.78 Å². The van der Waals surface area contributed by atoms with E-state index in [-0.39, 0.29) is 18.0 Å². The summed E-state index contributed by atoms with van der Waals surface area (Å²) in [5.41, 5.74) is 1.96. The molecule has 84 valence electrons. The second-order valence-corrected chi connectivity index (χ2v) is 4.28. The van der Waals surface area contributed by atoms with Gasteiger partial charge in [-0.25, -0.2) is 0 Å². The Hall–Kier alpha value is -1.41. The van der Waals surface area contributed by atoms with Crippen LogP contribution in [0.25, 0.3) is 0 Å². The second kappa shape index (κ2) is 4.62. The highest BCUT2D eigenvalue weighted by Crippen LogP contribution is 2.21. The van der Waals surface area contributed by atoms with Crippen molar-refractivity contribution in [3.05, 3.63) is 47.5 Å². The summed E-state index contributed by atoms with van der Waals surface area (Å²) in [5.74, 6) is 0.0832. The molecular weight excluding hydrogens is 200 g/mol. The topological polar surface area (TPSA) is 26.3 Å². The van der Waals surface area contributed by atoms with Gasteiger partial charge in [-0.15, -0.1) is 0 Å². The van der Waals surface area contributed by atoms with Crippen LogP contribution in [0, 0.1) is 0 Å². The Balaban J connectivity index is 2.15. The number of rotatable bonds is 2. The van der Waals surface area contributed by atoms with E-state index in [2.05, 4.69) is 6.08 Å². The molecule has 0 radical (unpaired) electrons. The zero-order chi connectivity index (χ0) is 11.5. The minimum absolute atomic E-state index is 0.0337. The number of carbonyl (C=O) groups excluding carboxylic acids is 1. The van der Waals surface area contributed by atoms with Crippen LogP contribution in [0.1, 0.15) is 30.6 Å². The fourth-order valence-corrected chi connectivity index (χ4v) is 2.05. The molecule has 1 aliphatic heterocycles. The highest BCUT2D eigenvalue weighted by molar-refractivity contribution is 5.99. The van der Waals surface area contributed by atoms with Crippen molar-refractivity contribution in [3.63, 3.8) is 0 Å². The maximum Gasteiger partial charge on any atom is 0.191 e. The minimum atomic E-state index is -0.317. The largest absolute Gasteiger partial charge is 0.363 e. The lowest BCUT2D eigenvalue weighted by Crippen LogP contribution is -2.31. The van der Waals surface area contributed by atoms with Gasteiger partial charge in [-0.2, -0.15) is 0 Å². The van der Waals surface area contributed by atoms with Crippen LogP contribution in [-0.4, -0.2) is 18.0 Å². The van der Waals surface area contributed by atoms with Gasteiger partial charge >= 0.3 is 0 Å². The Morgan fingerprint density at radius 1 is 1.31 bits per heavy atom. The first-order chi connectivity index (χ1) is 7.66. The standard InChI is InChI=1S/C14H16O2/c1-10-8-11(2)16-13(9-10)14(15)12-6-4-3-5-7-12/h3-8,11,13H,9H2,1-2H3/t11-,13+/m0/s1. The average Bonchev–Trinajstić information content (AvgIpc) is 2.28. The summed E-state index contributed by atoms with van der Waals surface area (Å²) >= 11 is 0. The number of Topliss-reactive ketones (excluding diaryl/α,β-unsaturated/α-hetero) is 1. The molecule has 1 aliphatic rings. The molecule has 1 heterocycles. The van der Waals surface area contributed by atoms with Gasteiger partial charge in [-0.05, 0) is 13.8 Å². The number of hydrogen-bond acceptors (Lipinski definition) is 2. The highest BCUT2D eigenvalue weighted by Gasteiger charge is 2.25. The molecule has 2 atom stereocenters. The minimum Gasteiger partial charge on any atom is -0.363 e. The monoisotopic (exact) mass is 216 g/mol. The van der Waals surface area contributed by atoms with Crippen LogP contribution in [0.15, 0.2) is 42.0 Å². The Bertz CT molecular complexity index is 406. The maximum absolute atomic E-state index is 12.1.